The molecule has 3 aromatic carbocycles. The number of amides is 1. The molecule has 0 spiro atoms. The standard InChI is InChI=1S/C14H11BrINO2.C8H6BrIO2/c1-8-6-9(13(16)10(15)7-8)14(19)17-11-4-2-3-5-12(11)18;1-4-2-5(8(11)12)7(10)6(9)3-4/h2-7,18H,1H3,(H,17,19);2-3H,1H3,(H,11,12). The number of para-hydroxylation sites is 2. The topological polar surface area (TPSA) is 86.6 Å². The van der Waals surface area contributed by atoms with Crippen molar-refractivity contribution >= 4 is 94.6 Å². The van der Waals surface area contributed by atoms with Crippen LogP contribution in [0.4, 0.5) is 5.69 Å². The summed E-state index contributed by atoms with van der Waals surface area (Å²) >= 11 is 10.8. The van der Waals surface area contributed by atoms with Gasteiger partial charge in [0.15, 0.2) is 0 Å². The van der Waals surface area contributed by atoms with E-state index >= 15 is 0 Å². The summed E-state index contributed by atoms with van der Waals surface area (Å²) in [5.74, 6) is -1.07. The SMILES string of the molecule is Cc1cc(Br)c(I)c(C(=O)Nc2ccccc2O)c1.Cc1cc(Br)c(I)c(C(=O)O)c1. The van der Waals surface area contributed by atoms with Crippen LogP contribution < -0.4 is 5.32 Å². The maximum atomic E-state index is 12.2. The highest BCUT2D eigenvalue weighted by atomic mass is 127. The van der Waals surface area contributed by atoms with E-state index in [4.69, 9.17) is 5.11 Å². The third-order valence-corrected chi connectivity index (χ3v) is 9.03. The van der Waals surface area contributed by atoms with Gasteiger partial charge in [-0.2, -0.15) is 0 Å². The van der Waals surface area contributed by atoms with Gasteiger partial charge in [-0.25, -0.2) is 4.79 Å². The smallest absolute Gasteiger partial charge is 0.336 e. The van der Waals surface area contributed by atoms with E-state index in [1.54, 1.807) is 24.3 Å². The van der Waals surface area contributed by atoms with Crippen molar-refractivity contribution in [2.45, 2.75) is 13.8 Å². The van der Waals surface area contributed by atoms with Gasteiger partial charge in [0.1, 0.15) is 5.75 Å². The number of carboxylic acid groups (broad SMARTS) is 1. The first-order valence-corrected chi connectivity index (χ1v) is 12.5. The number of phenols is 1. The number of nitrogens with one attached hydrogen (secondary N) is 1. The predicted molar refractivity (Wildman–Crippen MR) is 146 cm³/mol. The fourth-order valence-electron chi connectivity index (χ4n) is 2.54. The second-order valence-corrected chi connectivity index (χ2v) is 10.4. The molecule has 5 nitrogen and oxygen atoms in total. The number of carbonyl (C=O) groups is 2. The minimum atomic E-state index is -0.885. The molecule has 0 aromatic heterocycles. The summed E-state index contributed by atoms with van der Waals surface area (Å²) in [6, 6.07) is 14.0. The van der Waals surface area contributed by atoms with Crippen LogP contribution in [-0.4, -0.2) is 22.1 Å². The number of halogens is 4. The second-order valence-electron chi connectivity index (χ2n) is 6.49. The monoisotopic (exact) mass is 771 g/mol. The molecule has 3 rings (SSSR count). The lowest BCUT2D eigenvalue weighted by Gasteiger charge is -2.10. The third-order valence-electron chi connectivity index (χ3n) is 3.97. The van der Waals surface area contributed by atoms with Gasteiger partial charge in [0.05, 0.1) is 16.8 Å². The minimum Gasteiger partial charge on any atom is -0.506 e. The van der Waals surface area contributed by atoms with Crippen molar-refractivity contribution in [2.75, 3.05) is 5.32 Å². The summed E-state index contributed by atoms with van der Waals surface area (Å²) in [7, 11) is 0. The molecule has 0 atom stereocenters. The number of aryl methyl sites for hydroxylation is 2. The summed E-state index contributed by atoms with van der Waals surface area (Å²) < 4.78 is 3.30. The summed E-state index contributed by atoms with van der Waals surface area (Å²) in [5, 5.41) is 21.2. The van der Waals surface area contributed by atoms with Gasteiger partial charge in [0, 0.05) is 16.1 Å². The summed E-state index contributed by atoms with van der Waals surface area (Å²) in [6.45, 7) is 3.80. The molecule has 31 heavy (non-hydrogen) atoms. The number of hydrogen-bond acceptors (Lipinski definition) is 3. The van der Waals surface area contributed by atoms with Crippen molar-refractivity contribution < 1.29 is 19.8 Å². The van der Waals surface area contributed by atoms with Crippen molar-refractivity contribution in [3.8, 4) is 5.75 Å². The van der Waals surface area contributed by atoms with E-state index in [0.29, 0.717) is 16.8 Å². The van der Waals surface area contributed by atoms with Gasteiger partial charge < -0.3 is 15.5 Å². The molecule has 0 saturated heterocycles. The van der Waals surface area contributed by atoms with Crippen molar-refractivity contribution in [2.24, 2.45) is 0 Å². The number of carboxylic acids is 1. The minimum absolute atomic E-state index is 0.0533. The molecule has 0 unspecified atom stereocenters. The van der Waals surface area contributed by atoms with Crippen molar-refractivity contribution in [1.29, 1.82) is 0 Å². The normalized spacial score (nSPS) is 10.1. The van der Waals surface area contributed by atoms with Gasteiger partial charge in [-0.15, -0.1) is 0 Å². The highest BCUT2D eigenvalue weighted by Gasteiger charge is 2.14. The highest BCUT2D eigenvalue weighted by molar-refractivity contribution is 14.1. The molecular weight excluding hydrogens is 756 g/mol. The van der Waals surface area contributed by atoms with Gasteiger partial charge in [0.25, 0.3) is 5.91 Å². The molecule has 0 fully saturated rings. The average molecular weight is 773 g/mol. The molecular formula is C22H17Br2I2NO4. The summed E-state index contributed by atoms with van der Waals surface area (Å²) in [6.07, 6.45) is 0. The number of aromatic carboxylic acids is 1. The number of rotatable bonds is 3. The zero-order valence-electron chi connectivity index (χ0n) is 16.3. The summed E-state index contributed by atoms with van der Waals surface area (Å²) in [4.78, 5) is 22.9. The van der Waals surface area contributed by atoms with Gasteiger partial charge >= 0.3 is 5.97 Å². The second kappa shape index (κ2) is 11.6. The molecule has 0 heterocycles. The molecule has 1 amide bonds. The molecule has 0 aliphatic heterocycles. The zero-order chi connectivity index (χ0) is 23.3. The predicted octanol–water partition coefficient (Wildman–Crippen LogP) is 7.38. The Balaban J connectivity index is 0.000000245. The molecule has 0 aliphatic carbocycles. The van der Waals surface area contributed by atoms with E-state index in [9.17, 15) is 14.7 Å². The van der Waals surface area contributed by atoms with E-state index in [1.165, 1.54) is 6.07 Å². The van der Waals surface area contributed by atoms with Crippen LogP contribution in [0.3, 0.4) is 0 Å². The van der Waals surface area contributed by atoms with Crippen LogP contribution in [-0.2, 0) is 0 Å². The Morgan fingerprint density at radius 1 is 0.871 bits per heavy atom. The Bertz CT molecular complexity index is 1150. The molecule has 3 aromatic rings. The van der Waals surface area contributed by atoms with Crippen LogP contribution in [0.25, 0.3) is 0 Å². The average Bonchev–Trinajstić information content (AvgIpc) is 2.69. The molecule has 0 bridgehead atoms. The van der Waals surface area contributed by atoms with Crippen LogP contribution in [0.5, 0.6) is 5.75 Å². The number of phenolic OH excluding ortho intramolecular Hbond substituents is 1. The Morgan fingerprint density at radius 3 is 1.87 bits per heavy atom. The van der Waals surface area contributed by atoms with Gasteiger partial charge in [-0.1, -0.05) is 12.1 Å². The quantitative estimate of drug-likeness (QED) is 0.192. The highest BCUT2D eigenvalue weighted by Crippen LogP contribution is 2.27. The van der Waals surface area contributed by atoms with E-state index in [0.717, 1.165) is 27.2 Å². The van der Waals surface area contributed by atoms with E-state index < -0.39 is 5.97 Å². The van der Waals surface area contributed by atoms with Crippen LogP contribution in [0.2, 0.25) is 0 Å². The van der Waals surface area contributed by atoms with Crippen molar-refractivity contribution in [3.05, 3.63) is 86.9 Å². The number of aromatic hydroxyl groups is 1. The zero-order valence-corrected chi connectivity index (χ0v) is 23.8. The Morgan fingerprint density at radius 2 is 1.35 bits per heavy atom. The Labute approximate surface area is 224 Å². The number of anilines is 1. The lowest BCUT2D eigenvalue weighted by molar-refractivity contribution is 0.0695. The summed E-state index contributed by atoms with van der Waals surface area (Å²) in [5.41, 5.74) is 3.27. The van der Waals surface area contributed by atoms with Gasteiger partial charge in [-0.3, -0.25) is 4.79 Å². The molecule has 0 saturated carbocycles. The number of hydrogen-bond donors (Lipinski definition) is 3. The van der Waals surface area contributed by atoms with Crippen LogP contribution >= 0.6 is 77.0 Å². The first-order chi connectivity index (χ1) is 14.5. The Kier molecular flexibility index (Phi) is 9.77. The molecule has 9 heteroatoms. The number of benzene rings is 3. The fraction of sp³-hybridized carbons (Fsp3) is 0.0909. The largest absolute Gasteiger partial charge is 0.506 e. The van der Waals surface area contributed by atoms with Crippen molar-refractivity contribution in [3.63, 3.8) is 0 Å². The lowest BCUT2D eigenvalue weighted by Crippen LogP contribution is -2.14. The Hall–Kier alpha value is -1.18. The van der Waals surface area contributed by atoms with Crippen LogP contribution in [0.15, 0.2) is 57.5 Å². The number of carbonyl (C=O) groups excluding carboxylic acids is 1. The lowest BCUT2D eigenvalue weighted by atomic mass is 10.1. The van der Waals surface area contributed by atoms with E-state index in [-0.39, 0.29) is 11.7 Å². The first kappa shape index (κ1) is 26.1. The van der Waals surface area contributed by atoms with E-state index in [1.807, 2.05) is 54.6 Å². The first-order valence-electron chi connectivity index (χ1n) is 8.75. The van der Waals surface area contributed by atoms with Gasteiger partial charge in [-0.05, 0) is 138 Å². The molecule has 3 N–H and O–H groups in total. The van der Waals surface area contributed by atoms with Crippen LogP contribution in [0.1, 0.15) is 31.8 Å². The molecule has 0 aliphatic rings. The van der Waals surface area contributed by atoms with Crippen LogP contribution in [0, 0.1) is 21.0 Å². The third kappa shape index (κ3) is 7.16. The maximum Gasteiger partial charge on any atom is 0.336 e. The van der Waals surface area contributed by atoms with E-state index in [2.05, 4.69) is 59.8 Å². The van der Waals surface area contributed by atoms with Gasteiger partial charge in [0.2, 0.25) is 0 Å². The molecule has 0 radical (unpaired) electrons. The fourth-order valence-corrected chi connectivity index (χ4v) is 4.79. The molecule has 162 valence electrons. The maximum absolute atomic E-state index is 12.2. The van der Waals surface area contributed by atoms with Crippen molar-refractivity contribution in [1.82, 2.24) is 0 Å².